The molecule has 0 amide bonds. The molecular weight excluding hydrogens is 194 g/mol. The summed E-state index contributed by atoms with van der Waals surface area (Å²) in [5.74, 6) is 0.772. The zero-order chi connectivity index (χ0) is 11.3. The van der Waals surface area contributed by atoms with E-state index in [0.29, 0.717) is 0 Å². The van der Waals surface area contributed by atoms with E-state index < -0.39 is 4.92 Å². The first-order valence-electron chi connectivity index (χ1n) is 4.96. The van der Waals surface area contributed by atoms with Crippen LogP contribution in [-0.4, -0.2) is 23.5 Å². The summed E-state index contributed by atoms with van der Waals surface area (Å²) in [5.41, 5.74) is 0.0302. The zero-order valence-electron chi connectivity index (χ0n) is 9.01. The van der Waals surface area contributed by atoms with E-state index in [2.05, 4.69) is 11.9 Å². The molecule has 82 valence electrons. The summed E-state index contributed by atoms with van der Waals surface area (Å²) >= 11 is 0. The Labute approximate surface area is 88.9 Å². The molecule has 15 heavy (non-hydrogen) atoms. The average molecular weight is 209 g/mol. The van der Waals surface area contributed by atoms with Gasteiger partial charge in [-0.05, 0) is 12.5 Å². The summed E-state index contributed by atoms with van der Waals surface area (Å²) in [6.07, 6.45) is 3.50. The van der Waals surface area contributed by atoms with Crippen molar-refractivity contribution in [1.29, 1.82) is 0 Å². The fraction of sp³-hybridized carbons (Fsp3) is 0.500. The number of nitro groups is 1. The number of rotatable bonds is 5. The quantitative estimate of drug-likeness (QED) is 0.551. The predicted octanol–water partition coefficient (Wildman–Crippen LogP) is 2.23. The Hall–Kier alpha value is -1.65. The van der Waals surface area contributed by atoms with Gasteiger partial charge in [-0.3, -0.25) is 10.1 Å². The average Bonchev–Trinajstić information content (AvgIpc) is 2.26. The van der Waals surface area contributed by atoms with E-state index >= 15 is 0 Å². The molecule has 0 aliphatic carbocycles. The molecule has 0 bridgehead atoms. The second kappa shape index (κ2) is 5.29. The Morgan fingerprint density at radius 1 is 1.53 bits per heavy atom. The number of nitrogens with zero attached hydrogens (tertiary/aromatic N) is 3. The van der Waals surface area contributed by atoms with Crippen LogP contribution in [0.5, 0.6) is 0 Å². The molecule has 0 N–H and O–H groups in total. The lowest BCUT2D eigenvalue weighted by Gasteiger charge is -2.16. The molecule has 0 atom stereocenters. The maximum atomic E-state index is 10.4. The first-order chi connectivity index (χ1) is 7.15. The van der Waals surface area contributed by atoms with Gasteiger partial charge in [0.25, 0.3) is 5.69 Å². The monoisotopic (exact) mass is 209 g/mol. The molecule has 1 heterocycles. The van der Waals surface area contributed by atoms with Crippen molar-refractivity contribution in [2.45, 2.75) is 19.8 Å². The van der Waals surface area contributed by atoms with Gasteiger partial charge in [-0.25, -0.2) is 4.98 Å². The fourth-order valence-electron chi connectivity index (χ4n) is 1.22. The van der Waals surface area contributed by atoms with Gasteiger partial charge in [-0.15, -0.1) is 0 Å². The molecule has 0 saturated carbocycles. The molecule has 0 saturated heterocycles. The van der Waals surface area contributed by atoms with Crippen LogP contribution in [0.3, 0.4) is 0 Å². The van der Waals surface area contributed by atoms with Crippen LogP contribution in [0.2, 0.25) is 0 Å². The molecular formula is C10H15N3O2. The molecule has 0 aliphatic heterocycles. The number of unbranched alkanes of at least 4 members (excludes halogenated alkanes) is 1. The highest BCUT2D eigenvalue weighted by molar-refractivity contribution is 5.41. The maximum absolute atomic E-state index is 10.4. The summed E-state index contributed by atoms with van der Waals surface area (Å²) in [6, 6.07) is 3.15. The summed E-state index contributed by atoms with van der Waals surface area (Å²) in [5, 5.41) is 10.4. The van der Waals surface area contributed by atoms with Crippen molar-refractivity contribution < 1.29 is 4.92 Å². The van der Waals surface area contributed by atoms with Crippen molar-refractivity contribution >= 4 is 11.5 Å². The third kappa shape index (κ3) is 3.19. The minimum Gasteiger partial charge on any atom is -0.360 e. The molecule has 0 unspecified atom stereocenters. The third-order valence-corrected chi connectivity index (χ3v) is 2.18. The highest BCUT2D eigenvalue weighted by atomic mass is 16.6. The molecule has 1 rings (SSSR count). The Morgan fingerprint density at radius 3 is 2.73 bits per heavy atom. The number of aromatic nitrogens is 1. The van der Waals surface area contributed by atoms with Gasteiger partial charge in [0.15, 0.2) is 0 Å². The highest BCUT2D eigenvalue weighted by Gasteiger charge is 2.07. The van der Waals surface area contributed by atoms with Crippen molar-refractivity contribution in [2.75, 3.05) is 18.5 Å². The Balaban J connectivity index is 2.66. The molecule has 1 aromatic heterocycles. The lowest BCUT2D eigenvalue weighted by molar-refractivity contribution is -0.385. The predicted molar refractivity (Wildman–Crippen MR) is 59.1 cm³/mol. The van der Waals surface area contributed by atoms with Crippen molar-refractivity contribution in [1.82, 2.24) is 4.98 Å². The summed E-state index contributed by atoms with van der Waals surface area (Å²) in [6.45, 7) is 3.04. The molecule has 1 aromatic rings. The Kier molecular flexibility index (Phi) is 4.03. The number of hydrogen-bond donors (Lipinski definition) is 0. The zero-order valence-corrected chi connectivity index (χ0v) is 9.01. The maximum Gasteiger partial charge on any atom is 0.287 e. The number of anilines is 1. The standard InChI is InChI=1S/C10H15N3O2/c1-3-4-7-12(2)10-6-5-9(8-11-10)13(14)15/h5-6,8H,3-4,7H2,1-2H3. The lowest BCUT2D eigenvalue weighted by Crippen LogP contribution is -2.19. The SMILES string of the molecule is CCCCN(C)c1ccc([N+](=O)[O-])cn1. The summed E-state index contributed by atoms with van der Waals surface area (Å²) in [7, 11) is 1.93. The molecule has 5 nitrogen and oxygen atoms in total. The third-order valence-electron chi connectivity index (χ3n) is 2.18. The first-order valence-corrected chi connectivity index (χ1v) is 4.96. The molecule has 0 aromatic carbocycles. The Bertz CT molecular complexity index is 324. The fourth-order valence-corrected chi connectivity index (χ4v) is 1.22. The van der Waals surface area contributed by atoms with E-state index in [1.807, 2.05) is 11.9 Å². The van der Waals surface area contributed by atoms with E-state index in [0.717, 1.165) is 25.2 Å². The molecule has 0 fully saturated rings. The molecule has 0 spiro atoms. The van der Waals surface area contributed by atoms with E-state index in [9.17, 15) is 10.1 Å². The number of hydrogen-bond acceptors (Lipinski definition) is 4. The second-order valence-corrected chi connectivity index (χ2v) is 3.41. The van der Waals surface area contributed by atoms with Gasteiger partial charge in [0.1, 0.15) is 12.0 Å². The van der Waals surface area contributed by atoms with Gasteiger partial charge < -0.3 is 4.90 Å². The van der Waals surface area contributed by atoms with Gasteiger partial charge in [-0.2, -0.15) is 0 Å². The van der Waals surface area contributed by atoms with Gasteiger partial charge in [0.2, 0.25) is 0 Å². The van der Waals surface area contributed by atoms with E-state index in [1.54, 1.807) is 6.07 Å². The van der Waals surface area contributed by atoms with E-state index in [4.69, 9.17) is 0 Å². The highest BCUT2D eigenvalue weighted by Crippen LogP contribution is 2.14. The van der Waals surface area contributed by atoms with Crippen molar-refractivity contribution in [3.8, 4) is 0 Å². The summed E-state index contributed by atoms with van der Waals surface area (Å²) in [4.78, 5) is 16.0. The van der Waals surface area contributed by atoms with Crippen LogP contribution in [0.4, 0.5) is 11.5 Å². The Morgan fingerprint density at radius 2 is 2.27 bits per heavy atom. The normalized spacial score (nSPS) is 10.0. The van der Waals surface area contributed by atoms with Gasteiger partial charge in [0, 0.05) is 19.7 Å². The van der Waals surface area contributed by atoms with Gasteiger partial charge in [-0.1, -0.05) is 13.3 Å². The molecule has 0 radical (unpaired) electrons. The van der Waals surface area contributed by atoms with Crippen LogP contribution in [-0.2, 0) is 0 Å². The lowest BCUT2D eigenvalue weighted by atomic mass is 10.3. The summed E-state index contributed by atoms with van der Waals surface area (Å²) < 4.78 is 0. The van der Waals surface area contributed by atoms with Crippen molar-refractivity contribution in [3.05, 3.63) is 28.4 Å². The van der Waals surface area contributed by atoms with Crippen LogP contribution in [0.25, 0.3) is 0 Å². The minimum absolute atomic E-state index is 0.0302. The van der Waals surface area contributed by atoms with E-state index in [-0.39, 0.29) is 5.69 Å². The van der Waals surface area contributed by atoms with Crippen LogP contribution in [0, 0.1) is 10.1 Å². The van der Waals surface area contributed by atoms with Crippen LogP contribution in [0.15, 0.2) is 18.3 Å². The van der Waals surface area contributed by atoms with Crippen LogP contribution in [0.1, 0.15) is 19.8 Å². The smallest absolute Gasteiger partial charge is 0.287 e. The number of pyridine rings is 1. The van der Waals surface area contributed by atoms with Crippen molar-refractivity contribution in [2.24, 2.45) is 0 Å². The first kappa shape index (κ1) is 11.4. The van der Waals surface area contributed by atoms with E-state index in [1.165, 1.54) is 12.3 Å². The topological polar surface area (TPSA) is 59.3 Å². The van der Waals surface area contributed by atoms with Gasteiger partial charge in [0.05, 0.1) is 4.92 Å². The second-order valence-electron chi connectivity index (χ2n) is 3.41. The molecule has 5 heteroatoms. The minimum atomic E-state index is -0.442. The largest absolute Gasteiger partial charge is 0.360 e. The van der Waals surface area contributed by atoms with Crippen LogP contribution < -0.4 is 4.90 Å². The van der Waals surface area contributed by atoms with Gasteiger partial charge >= 0.3 is 0 Å². The molecule has 0 aliphatic rings. The van der Waals surface area contributed by atoms with Crippen LogP contribution >= 0.6 is 0 Å². The van der Waals surface area contributed by atoms with Crippen molar-refractivity contribution in [3.63, 3.8) is 0 Å².